The average molecular weight is 208 g/mol. The summed E-state index contributed by atoms with van der Waals surface area (Å²) in [7, 11) is 0. The van der Waals surface area contributed by atoms with Crippen LogP contribution in [-0.4, -0.2) is 10.1 Å². The summed E-state index contributed by atoms with van der Waals surface area (Å²) in [5.74, 6) is 0. The summed E-state index contributed by atoms with van der Waals surface area (Å²) in [4.78, 5) is 4.22. The van der Waals surface area contributed by atoms with Crippen LogP contribution in [0, 0.1) is 0 Å². The molecule has 1 atom stereocenters. The number of fused-ring (bicyclic) bond motifs is 1. The van der Waals surface area contributed by atoms with Gasteiger partial charge in [-0.15, -0.1) is 0 Å². The van der Waals surface area contributed by atoms with Gasteiger partial charge in [-0.2, -0.15) is 0 Å². The van der Waals surface area contributed by atoms with Gasteiger partial charge in [-0.3, -0.25) is 4.98 Å². The van der Waals surface area contributed by atoms with Crippen LogP contribution in [0.2, 0.25) is 5.02 Å². The molecule has 0 amide bonds. The molecule has 0 aliphatic rings. The highest BCUT2D eigenvalue weighted by Crippen LogP contribution is 2.28. The molecule has 0 saturated heterocycles. The molecule has 72 valence electrons. The van der Waals surface area contributed by atoms with E-state index in [4.69, 9.17) is 11.6 Å². The molecule has 0 spiro atoms. The van der Waals surface area contributed by atoms with Gasteiger partial charge in [0, 0.05) is 17.1 Å². The Morgan fingerprint density at radius 3 is 2.79 bits per heavy atom. The normalized spacial score (nSPS) is 13.1. The predicted molar refractivity (Wildman–Crippen MR) is 57.4 cm³/mol. The lowest BCUT2D eigenvalue weighted by atomic mass is 10.1. The van der Waals surface area contributed by atoms with Gasteiger partial charge in [-0.05, 0) is 13.0 Å². The van der Waals surface area contributed by atoms with E-state index in [2.05, 4.69) is 4.98 Å². The second-order valence-corrected chi connectivity index (χ2v) is 3.60. The standard InChI is InChI=1S/C11H10ClNO/c1-7(14)9-6-13-10-5-3-2-4-8(10)11(9)12/h2-7,14H,1H3/t7-/m0/s1. The summed E-state index contributed by atoms with van der Waals surface area (Å²) in [5.41, 5.74) is 1.52. The van der Waals surface area contributed by atoms with Crippen molar-refractivity contribution in [1.29, 1.82) is 0 Å². The molecule has 0 fully saturated rings. The molecule has 0 aliphatic carbocycles. The predicted octanol–water partition coefficient (Wildman–Crippen LogP) is 2.94. The van der Waals surface area contributed by atoms with E-state index in [1.165, 1.54) is 0 Å². The number of para-hydroxylation sites is 1. The lowest BCUT2D eigenvalue weighted by molar-refractivity contribution is 0.199. The Morgan fingerprint density at radius 1 is 1.36 bits per heavy atom. The smallest absolute Gasteiger partial charge is 0.0791 e. The molecule has 1 aromatic heterocycles. The fraction of sp³-hybridized carbons (Fsp3) is 0.182. The van der Waals surface area contributed by atoms with Crippen molar-refractivity contribution in [3.63, 3.8) is 0 Å². The molecule has 1 aromatic carbocycles. The maximum Gasteiger partial charge on any atom is 0.0791 e. The Labute approximate surface area is 87.2 Å². The SMILES string of the molecule is C[C@H](O)c1cnc2ccccc2c1Cl. The van der Waals surface area contributed by atoms with Crippen molar-refractivity contribution in [2.75, 3.05) is 0 Å². The van der Waals surface area contributed by atoms with E-state index in [1.54, 1.807) is 13.1 Å². The number of halogens is 1. The van der Waals surface area contributed by atoms with E-state index in [-0.39, 0.29) is 0 Å². The number of benzene rings is 1. The molecular formula is C11H10ClNO. The molecule has 1 N–H and O–H groups in total. The second kappa shape index (κ2) is 3.56. The van der Waals surface area contributed by atoms with Gasteiger partial charge in [0.2, 0.25) is 0 Å². The first-order chi connectivity index (χ1) is 6.70. The number of pyridine rings is 1. The minimum Gasteiger partial charge on any atom is -0.389 e. The summed E-state index contributed by atoms with van der Waals surface area (Å²) in [6.45, 7) is 1.68. The van der Waals surface area contributed by atoms with Crippen molar-refractivity contribution in [3.8, 4) is 0 Å². The van der Waals surface area contributed by atoms with E-state index < -0.39 is 6.10 Å². The van der Waals surface area contributed by atoms with Crippen molar-refractivity contribution >= 4 is 22.5 Å². The third-order valence-electron chi connectivity index (χ3n) is 2.19. The molecule has 2 rings (SSSR count). The summed E-state index contributed by atoms with van der Waals surface area (Å²) < 4.78 is 0. The lowest BCUT2D eigenvalue weighted by Gasteiger charge is -2.08. The molecule has 0 unspecified atom stereocenters. The highest BCUT2D eigenvalue weighted by molar-refractivity contribution is 6.36. The molecule has 2 nitrogen and oxygen atoms in total. The number of nitrogens with zero attached hydrogens (tertiary/aromatic N) is 1. The number of hydrogen-bond acceptors (Lipinski definition) is 2. The Hall–Kier alpha value is -1.12. The van der Waals surface area contributed by atoms with Gasteiger partial charge in [-0.1, -0.05) is 29.8 Å². The zero-order valence-corrected chi connectivity index (χ0v) is 8.49. The Kier molecular flexibility index (Phi) is 2.40. The highest BCUT2D eigenvalue weighted by Gasteiger charge is 2.09. The van der Waals surface area contributed by atoms with E-state index in [0.717, 1.165) is 10.9 Å². The Morgan fingerprint density at radius 2 is 2.07 bits per heavy atom. The molecule has 0 bridgehead atoms. The van der Waals surface area contributed by atoms with Gasteiger partial charge in [0.1, 0.15) is 0 Å². The Balaban J connectivity index is 2.75. The van der Waals surface area contributed by atoms with Gasteiger partial charge in [0.15, 0.2) is 0 Å². The number of aliphatic hydroxyl groups is 1. The van der Waals surface area contributed by atoms with E-state index in [1.807, 2.05) is 24.3 Å². The molecule has 0 radical (unpaired) electrons. The maximum absolute atomic E-state index is 9.44. The zero-order chi connectivity index (χ0) is 10.1. The average Bonchev–Trinajstić information content (AvgIpc) is 2.18. The first-order valence-corrected chi connectivity index (χ1v) is 4.79. The van der Waals surface area contributed by atoms with Crippen LogP contribution in [0.3, 0.4) is 0 Å². The first-order valence-electron chi connectivity index (χ1n) is 4.41. The third-order valence-corrected chi connectivity index (χ3v) is 2.61. The van der Waals surface area contributed by atoms with Crippen LogP contribution in [0.15, 0.2) is 30.5 Å². The van der Waals surface area contributed by atoms with Crippen LogP contribution in [0.1, 0.15) is 18.6 Å². The number of aliphatic hydroxyl groups excluding tert-OH is 1. The van der Waals surface area contributed by atoms with Crippen molar-refractivity contribution in [1.82, 2.24) is 4.98 Å². The van der Waals surface area contributed by atoms with Crippen molar-refractivity contribution in [2.24, 2.45) is 0 Å². The fourth-order valence-corrected chi connectivity index (χ4v) is 1.78. The third kappa shape index (κ3) is 1.47. The topological polar surface area (TPSA) is 33.1 Å². The molecule has 3 heteroatoms. The van der Waals surface area contributed by atoms with Crippen LogP contribution >= 0.6 is 11.6 Å². The van der Waals surface area contributed by atoms with Crippen LogP contribution in [0.25, 0.3) is 10.9 Å². The number of rotatable bonds is 1. The molecular weight excluding hydrogens is 198 g/mol. The van der Waals surface area contributed by atoms with Crippen LogP contribution in [0.4, 0.5) is 0 Å². The monoisotopic (exact) mass is 207 g/mol. The summed E-state index contributed by atoms with van der Waals surface area (Å²) in [6.07, 6.45) is 1.04. The van der Waals surface area contributed by atoms with Crippen molar-refractivity contribution in [3.05, 3.63) is 41.0 Å². The lowest BCUT2D eigenvalue weighted by Crippen LogP contribution is -1.94. The van der Waals surface area contributed by atoms with Crippen molar-refractivity contribution in [2.45, 2.75) is 13.0 Å². The van der Waals surface area contributed by atoms with Gasteiger partial charge in [0.05, 0.1) is 16.6 Å². The summed E-state index contributed by atoms with van der Waals surface area (Å²) in [6, 6.07) is 7.61. The number of aromatic nitrogens is 1. The molecule has 0 saturated carbocycles. The largest absolute Gasteiger partial charge is 0.389 e. The van der Waals surface area contributed by atoms with E-state index in [9.17, 15) is 5.11 Å². The van der Waals surface area contributed by atoms with Gasteiger partial charge in [-0.25, -0.2) is 0 Å². The Bertz CT molecular complexity index is 468. The summed E-state index contributed by atoms with van der Waals surface area (Å²) in [5, 5.41) is 10.9. The zero-order valence-electron chi connectivity index (χ0n) is 7.74. The molecule has 1 heterocycles. The van der Waals surface area contributed by atoms with E-state index >= 15 is 0 Å². The van der Waals surface area contributed by atoms with Crippen LogP contribution in [-0.2, 0) is 0 Å². The van der Waals surface area contributed by atoms with Gasteiger partial charge >= 0.3 is 0 Å². The maximum atomic E-state index is 9.44. The molecule has 2 aromatic rings. The van der Waals surface area contributed by atoms with Crippen LogP contribution < -0.4 is 0 Å². The minimum absolute atomic E-state index is 0.584. The summed E-state index contributed by atoms with van der Waals surface area (Å²) >= 11 is 6.14. The van der Waals surface area contributed by atoms with E-state index in [0.29, 0.717) is 10.6 Å². The number of hydrogen-bond donors (Lipinski definition) is 1. The molecule has 0 aliphatic heterocycles. The van der Waals surface area contributed by atoms with Gasteiger partial charge in [0.25, 0.3) is 0 Å². The highest BCUT2D eigenvalue weighted by atomic mass is 35.5. The fourth-order valence-electron chi connectivity index (χ4n) is 1.41. The quantitative estimate of drug-likeness (QED) is 0.780. The van der Waals surface area contributed by atoms with Crippen molar-refractivity contribution < 1.29 is 5.11 Å². The van der Waals surface area contributed by atoms with Crippen LogP contribution in [0.5, 0.6) is 0 Å². The van der Waals surface area contributed by atoms with Gasteiger partial charge < -0.3 is 5.11 Å². The first kappa shape index (κ1) is 9.44. The molecule has 14 heavy (non-hydrogen) atoms. The second-order valence-electron chi connectivity index (χ2n) is 3.22. The minimum atomic E-state index is -0.584.